The van der Waals surface area contributed by atoms with Crippen molar-refractivity contribution in [2.45, 2.75) is 44.9 Å². The predicted molar refractivity (Wildman–Crippen MR) is 102 cm³/mol. The van der Waals surface area contributed by atoms with Gasteiger partial charge in [0.2, 0.25) is 10.0 Å². The van der Waals surface area contributed by atoms with E-state index in [0.717, 1.165) is 51.0 Å². The third kappa shape index (κ3) is 8.68. The molecule has 2 N–H and O–H groups in total. The Bertz CT molecular complexity index is 487. The second-order valence-corrected chi connectivity index (χ2v) is 8.42. The van der Waals surface area contributed by atoms with Crippen LogP contribution in [-0.2, 0) is 10.0 Å². The number of hydrogen-bond acceptors (Lipinski definition) is 3. The number of rotatable bonds is 12. The fourth-order valence-corrected chi connectivity index (χ4v) is 3.62. The van der Waals surface area contributed by atoms with Crippen LogP contribution in [0.15, 0.2) is 17.6 Å². The van der Waals surface area contributed by atoms with Crippen LogP contribution in [0.2, 0.25) is 0 Å². The molecule has 0 aromatic carbocycles. The summed E-state index contributed by atoms with van der Waals surface area (Å²) in [6.07, 6.45) is 9.93. The third-order valence-electron chi connectivity index (χ3n) is 4.45. The average molecular weight is 359 g/mol. The Kier molecular flexibility index (Phi) is 10.0. The van der Waals surface area contributed by atoms with Gasteiger partial charge in [-0.15, -0.1) is 6.58 Å². The van der Waals surface area contributed by atoms with Gasteiger partial charge in [-0.1, -0.05) is 18.9 Å². The summed E-state index contributed by atoms with van der Waals surface area (Å²) in [5.74, 6) is 1.35. The van der Waals surface area contributed by atoms with Gasteiger partial charge in [0.15, 0.2) is 5.96 Å². The van der Waals surface area contributed by atoms with Gasteiger partial charge in [-0.25, -0.2) is 13.1 Å². The van der Waals surface area contributed by atoms with E-state index in [9.17, 15) is 8.42 Å². The summed E-state index contributed by atoms with van der Waals surface area (Å²) in [5, 5.41) is 3.13. The fourth-order valence-electron chi connectivity index (χ4n) is 2.62. The van der Waals surface area contributed by atoms with E-state index in [4.69, 9.17) is 0 Å². The van der Waals surface area contributed by atoms with Gasteiger partial charge in [-0.2, -0.15) is 0 Å². The van der Waals surface area contributed by atoms with E-state index in [2.05, 4.69) is 21.6 Å². The molecule has 0 saturated heterocycles. The van der Waals surface area contributed by atoms with E-state index in [1.165, 1.54) is 6.42 Å². The molecule has 1 rings (SSSR count). The zero-order valence-electron chi connectivity index (χ0n) is 15.3. The van der Waals surface area contributed by atoms with Crippen molar-refractivity contribution < 1.29 is 8.42 Å². The molecule has 0 bridgehead atoms. The number of nitrogens with zero attached hydrogens (tertiary/aromatic N) is 2. The second kappa shape index (κ2) is 11.5. The summed E-state index contributed by atoms with van der Waals surface area (Å²) in [6.45, 7) is 5.59. The number of sulfonamides is 1. The lowest BCUT2D eigenvalue weighted by atomic mass is 9.86. The van der Waals surface area contributed by atoms with Gasteiger partial charge in [-0.05, 0) is 38.0 Å². The number of hydrogen-bond donors (Lipinski definition) is 2. The Morgan fingerprint density at radius 1 is 1.33 bits per heavy atom. The molecular formula is C17H34N4O2S. The minimum atomic E-state index is -3.21. The van der Waals surface area contributed by atoms with E-state index >= 15 is 0 Å². The van der Waals surface area contributed by atoms with E-state index in [1.54, 1.807) is 7.05 Å². The lowest BCUT2D eigenvalue weighted by Gasteiger charge is -2.25. The molecule has 0 amide bonds. The van der Waals surface area contributed by atoms with Gasteiger partial charge < -0.3 is 10.2 Å². The van der Waals surface area contributed by atoms with E-state index in [-0.39, 0.29) is 5.75 Å². The predicted octanol–water partition coefficient (Wildman–Crippen LogP) is 1.96. The highest BCUT2D eigenvalue weighted by atomic mass is 32.2. The zero-order valence-corrected chi connectivity index (χ0v) is 16.1. The number of allylic oxidation sites excluding steroid dienone is 1. The molecule has 1 aliphatic carbocycles. The molecule has 1 fully saturated rings. The molecule has 6 nitrogen and oxygen atoms in total. The summed E-state index contributed by atoms with van der Waals surface area (Å²) in [5.41, 5.74) is 0. The van der Waals surface area contributed by atoms with Crippen LogP contribution in [0, 0.1) is 5.92 Å². The van der Waals surface area contributed by atoms with Crippen molar-refractivity contribution in [3.63, 3.8) is 0 Å². The lowest BCUT2D eigenvalue weighted by molar-refractivity contribution is 0.316. The van der Waals surface area contributed by atoms with Crippen LogP contribution in [0.1, 0.15) is 44.9 Å². The zero-order chi connectivity index (χ0) is 17.8. The van der Waals surface area contributed by atoms with Gasteiger partial charge in [0.1, 0.15) is 0 Å². The average Bonchev–Trinajstić information content (AvgIpc) is 2.49. The Balaban J connectivity index is 2.20. The van der Waals surface area contributed by atoms with Crippen LogP contribution in [0.4, 0.5) is 0 Å². The van der Waals surface area contributed by atoms with Crippen LogP contribution >= 0.6 is 0 Å². The van der Waals surface area contributed by atoms with E-state index in [1.807, 2.05) is 18.0 Å². The van der Waals surface area contributed by atoms with Crippen molar-refractivity contribution in [3.05, 3.63) is 12.7 Å². The standard InChI is InChI=1S/C17H34N4O2S/c1-4-5-6-7-8-13-21(3)17(18-2)19-12-14-24(22,23)20-15-16-10-9-11-16/h4,16,20H,1,5-15H2,2-3H3,(H,18,19). The summed E-state index contributed by atoms with van der Waals surface area (Å²) in [6, 6.07) is 0. The molecule has 0 spiro atoms. The fraction of sp³-hybridized carbons (Fsp3) is 0.824. The molecule has 0 aromatic rings. The summed E-state index contributed by atoms with van der Waals surface area (Å²) < 4.78 is 26.7. The van der Waals surface area contributed by atoms with Gasteiger partial charge >= 0.3 is 0 Å². The highest BCUT2D eigenvalue weighted by molar-refractivity contribution is 7.89. The molecule has 0 aromatic heterocycles. The Labute approximate surface area is 147 Å². The molecule has 24 heavy (non-hydrogen) atoms. The molecular weight excluding hydrogens is 324 g/mol. The van der Waals surface area contributed by atoms with Crippen LogP contribution in [-0.4, -0.2) is 58.8 Å². The summed E-state index contributed by atoms with van der Waals surface area (Å²) in [7, 11) is 0.495. The minimum Gasteiger partial charge on any atom is -0.355 e. The van der Waals surface area contributed by atoms with Crippen LogP contribution in [0.3, 0.4) is 0 Å². The van der Waals surface area contributed by atoms with Crippen molar-refractivity contribution in [2.24, 2.45) is 10.9 Å². The molecule has 1 aliphatic rings. The van der Waals surface area contributed by atoms with Crippen LogP contribution in [0.5, 0.6) is 0 Å². The number of unbranched alkanes of at least 4 members (excludes halogenated alkanes) is 3. The highest BCUT2D eigenvalue weighted by Crippen LogP contribution is 2.25. The maximum Gasteiger partial charge on any atom is 0.213 e. The number of guanidine groups is 1. The maximum atomic E-state index is 12.0. The van der Waals surface area contributed by atoms with Crippen molar-refractivity contribution in [3.8, 4) is 0 Å². The first-order valence-corrected chi connectivity index (χ1v) is 10.6. The summed E-state index contributed by atoms with van der Waals surface area (Å²) >= 11 is 0. The molecule has 0 radical (unpaired) electrons. The highest BCUT2D eigenvalue weighted by Gasteiger charge is 2.20. The van der Waals surface area contributed by atoms with Crippen molar-refractivity contribution in [1.29, 1.82) is 0 Å². The van der Waals surface area contributed by atoms with Crippen LogP contribution < -0.4 is 10.0 Å². The SMILES string of the molecule is C=CCCCCCN(C)C(=NC)NCCS(=O)(=O)NCC1CCC1. The number of aliphatic imine (C=N–C) groups is 1. The van der Waals surface area contributed by atoms with Crippen molar-refractivity contribution in [1.82, 2.24) is 14.9 Å². The monoisotopic (exact) mass is 358 g/mol. The van der Waals surface area contributed by atoms with Crippen molar-refractivity contribution >= 4 is 16.0 Å². The largest absolute Gasteiger partial charge is 0.355 e. The normalized spacial score (nSPS) is 15.8. The van der Waals surface area contributed by atoms with Gasteiger partial charge in [0, 0.05) is 33.7 Å². The third-order valence-corrected chi connectivity index (χ3v) is 5.79. The first kappa shape index (κ1) is 21.0. The molecule has 7 heteroatoms. The minimum absolute atomic E-state index is 0.0753. The van der Waals surface area contributed by atoms with E-state index in [0.29, 0.717) is 19.0 Å². The maximum absolute atomic E-state index is 12.0. The van der Waals surface area contributed by atoms with Gasteiger partial charge in [0.05, 0.1) is 5.75 Å². The quantitative estimate of drug-likeness (QED) is 0.242. The molecule has 140 valence electrons. The molecule has 1 saturated carbocycles. The Hall–Kier alpha value is -1.08. The second-order valence-electron chi connectivity index (χ2n) is 6.50. The lowest BCUT2D eigenvalue weighted by Crippen LogP contribution is -2.43. The molecule has 0 unspecified atom stereocenters. The first-order valence-electron chi connectivity index (χ1n) is 8.98. The smallest absolute Gasteiger partial charge is 0.213 e. The number of nitrogens with one attached hydrogen (secondary N) is 2. The molecule has 0 atom stereocenters. The van der Waals surface area contributed by atoms with Crippen LogP contribution in [0.25, 0.3) is 0 Å². The Morgan fingerprint density at radius 3 is 2.67 bits per heavy atom. The van der Waals surface area contributed by atoms with Crippen molar-refractivity contribution in [2.75, 3.05) is 39.5 Å². The van der Waals surface area contributed by atoms with E-state index < -0.39 is 10.0 Å². The van der Waals surface area contributed by atoms with Gasteiger partial charge in [0.25, 0.3) is 0 Å². The Morgan fingerprint density at radius 2 is 2.08 bits per heavy atom. The summed E-state index contributed by atoms with van der Waals surface area (Å²) in [4.78, 5) is 6.26. The topological polar surface area (TPSA) is 73.8 Å². The first-order chi connectivity index (χ1) is 11.5. The van der Waals surface area contributed by atoms with Gasteiger partial charge in [-0.3, -0.25) is 4.99 Å². The molecule has 0 aliphatic heterocycles. The molecule has 0 heterocycles.